The molecule has 150 valence electrons. The van der Waals surface area contributed by atoms with Crippen LogP contribution in [0.3, 0.4) is 0 Å². The number of thiophene rings is 1. The van der Waals surface area contributed by atoms with E-state index in [2.05, 4.69) is 32.7 Å². The fourth-order valence-corrected chi connectivity index (χ4v) is 4.80. The van der Waals surface area contributed by atoms with Gasteiger partial charge < -0.3 is 19.7 Å². The van der Waals surface area contributed by atoms with Gasteiger partial charge in [-0.1, -0.05) is 23.7 Å². The topological polar surface area (TPSA) is 46.6 Å². The molecule has 0 amide bonds. The summed E-state index contributed by atoms with van der Waals surface area (Å²) in [4.78, 5) is 7.86. The molecule has 2 atom stereocenters. The summed E-state index contributed by atoms with van der Waals surface area (Å²) < 4.78 is 10.7. The Morgan fingerprint density at radius 2 is 2.10 bits per heavy atom. The number of rotatable bonds is 7. The SMILES string of the molecule is COCCOc1ccc(N2C(=S)N[C@@H](c3ccccn3)[C@H]2c2cccs2)cc1Cl. The van der Waals surface area contributed by atoms with Crippen LogP contribution in [-0.2, 0) is 4.74 Å². The number of ether oxygens (including phenoxy) is 2. The van der Waals surface area contributed by atoms with Crippen LogP contribution in [0, 0.1) is 0 Å². The third-order valence-electron chi connectivity index (χ3n) is 4.67. The van der Waals surface area contributed by atoms with Crippen molar-refractivity contribution in [3.8, 4) is 5.75 Å². The summed E-state index contributed by atoms with van der Waals surface area (Å²) in [6, 6.07) is 15.8. The predicted molar refractivity (Wildman–Crippen MR) is 121 cm³/mol. The van der Waals surface area contributed by atoms with Crippen LogP contribution in [0.4, 0.5) is 5.69 Å². The summed E-state index contributed by atoms with van der Waals surface area (Å²) in [5.74, 6) is 0.625. The van der Waals surface area contributed by atoms with Gasteiger partial charge in [0.2, 0.25) is 0 Å². The largest absolute Gasteiger partial charge is 0.490 e. The summed E-state index contributed by atoms with van der Waals surface area (Å²) in [7, 11) is 1.64. The minimum absolute atomic E-state index is 0.0197. The van der Waals surface area contributed by atoms with Gasteiger partial charge in [-0.25, -0.2) is 0 Å². The zero-order chi connectivity index (χ0) is 20.2. The number of anilines is 1. The quantitative estimate of drug-likeness (QED) is 0.408. The Labute approximate surface area is 184 Å². The number of methoxy groups -OCH3 is 1. The van der Waals surface area contributed by atoms with E-state index in [1.807, 2.05) is 36.4 Å². The third kappa shape index (κ3) is 4.23. The number of benzene rings is 1. The van der Waals surface area contributed by atoms with Gasteiger partial charge in [0.1, 0.15) is 12.4 Å². The van der Waals surface area contributed by atoms with Crippen molar-refractivity contribution in [2.45, 2.75) is 12.1 Å². The summed E-state index contributed by atoms with van der Waals surface area (Å²) in [5, 5.41) is 6.69. The van der Waals surface area contributed by atoms with Gasteiger partial charge in [0.25, 0.3) is 0 Å². The van der Waals surface area contributed by atoms with Crippen molar-refractivity contribution < 1.29 is 9.47 Å². The lowest BCUT2D eigenvalue weighted by molar-refractivity contribution is 0.146. The van der Waals surface area contributed by atoms with Gasteiger partial charge in [0.15, 0.2) is 5.11 Å². The van der Waals surface area contributed by atoms with Crippen molar-refractivity contribution in [3.63, 3.8) is 0 Å². The normalized spacial score (nSPS) is 18.7. The number of thiocarbonyl (C=S) groups is 1. The highest BCUT2D eigenvalue weighted by Gasteiger charge is 2.41. The Kier molecular flexibility index (Phi) is 6.30. The summed E-state index contributed by atoms with van der Waals surface area (Å²) in [6.07, 6.45) is 1.80. The van der Waals surface area contributed by atoms with Gasteiger partial charge in [0, 0.05) is 23.9 Å². The molecular weight excluding hydrogens is 426 g/mol. The van der Waals surface area contributed by atoms with Crippen LogP contribution in [0.15, 0.2) is 60.1 Å². The molecule has 0 radical (unpaired) electrons. The van der Waals surface area contributed by atoms with Crippen molar-refractivity contribution >= 4 is 46.0 Å². The number of hydrogen-bond donors (Lipinski definition) is 1. The van der Waals surface area contributed by atoms with Crippen LogP contribution in [0.5, 0.6) is 5.75 Å². The summed E-state index contributed by atoms with van der Waals surface area (Å²) in [6.45, 7) is 0.948. The molecule has 3 aromatic rings. The molecule has 0 aliphatic carbocycles. The monoisotopic (exact) mass is 445 g/mol. The average Bonchev–Trinajstić information content (AvgIpc) is 3.37. The highest BCUT2D eigenvalue weighted by Crippen LogP contribution is 2.44. The lowest BCUT2D eigenvalue weighted by atomic mass is 10.0. The van der Waals surface area contributed by atoms with Gasteiger partial charge in [0.05, 0.1) is 29.4 Å². The molecule has 4 rings (SSSR count). The van der Waals surface area contributed by atoms with E-state index in [1.54, 1.807) is 24.6 Å². The lowest BCUT2D eigenvalue weighted by Crippen LogP contribution is -2.29. The number of pyridine rings is 1. The van der Waals surface area contributed by atoms with Crippen molar-refractivity contribution in [1.82, 2.24) is 10.3 Å². The standard InChI is InChI=1S/C21H20ClN3O2S2/c1-26-10-11-27-17-8-7-14(13-15(17)22)25-20(18-6-4-12-29-18)19(24-21(25)28)16-5-2-3-9-23-16/h2-9,12-13,19-20H,10-11H2,1H3,(H,24,28)/t19-,20+/m0/s1. The van der Waals surface area contributed by atoms with E-state index in [0.717, 1.165) is 11.4 Å². The smallest absolute Gasteiger partial charge is 0.174 e. The zero-order valence-electron chi connectivity index (χ0n) is 15.7. The van der Waals surface area contributed by atoms with E-state index >= 15 is 0 Å². The van der Waals surface area contributed by atoms with E-state index in [1.165, 1.54) is 4.88 Å². The molecule has 5 nitrogen and oxygen atoms in total. The molecule has 1 aliphatic heterocycles. The van der Waals surface area contributed by atoms with E-state index in [4.69, 9.17) is 33.3 Å². The maximum atomic E-state index is 6.49. The van der Waals surface area contributed by atoms with E-state index in [9.17, 15) is 0 Å². The second-order valence-corrected chi connectivity index (χ2v) is 8.24. The molecule has 0 unspecified atom stereocenters. The van der Waals surface area contributed by atoms with Crippen LogP contribution in [0.1, 0.15) is 22.7 Å². The fraction of sp³-hybridized carbons (Fsp3) is 0.238. The van der Waals surface area contributed by atoms with Gasteiger partial charge in [-0.2, -0.15) is 0 Å². The lowest BCUT2D eigenvalue weighted by Gasteiger charge is -2.27. The minimum atomic E-state index is -0.0567. The Hall–Kier alpha value is -2.19. The van der Waals surface area contributed by atoms with Gasteiger partial charge >= 0.3 is 0 Å². The molecule has 0 saturated carbocycles. The Balaban J connectivity index is 1.68. The van der Waals surface area contributed by atoms with Crippen LogP contribution >= 0.6 is 35.2 Å². The molecule has 1 saturated heterocycles. The summed E-state index contributed by atoms with van der Waals surface area (Å²) in [5.41, 5.74) is 1.85. The molecule has 1 fully saturated rings. The average molecular weight is 446 g/mol. The van der Waals surface area contributed by atoms with Gasteiger partial charge in [-0.3, -0.25) is 4.98 Å². The molecule has 1 aromatic carbocycles. The molecule has 3 heterocycles. The van der Waals surface area contributed by atoms with E-state index in [-0.39, 0.29) is 12.1 Å². The number of hydrogen-bond acceptors (Lipinski definition) is 5. The molecular formula is C21H20ClN3O2S2. The number of nitrogens with one attached hydrogen (secondary N) is 1. The number of aromatic nitrogens is 1. The molecule has 0 bridgehead atoms. The molecule has 0 spiro atoms. The number of halogens is 1. The highest BCUT2D eigenvalue weighted by molar-refractivity contribution is 7.80. The van der Waals surface area contributed by atoms with Crippen molar-refractivity contribution in [3.05, 3.63) is 75.7 Å². The summed E-state index contributed by atoms with van der Waals surface area (Å²) >= 11 is 13.9. The van der Waals surface area contributed by atoms with Crippen molar-refractivity contribution in [1.29, 1.82) is 0 Å². The minimum Gasteiger partial charge on any atom is -0.490 e. The molecule has 8 heteroatoms. The van der Waals surface area contributed by atoms with Crippen LogP contribution in [0.25, 0.3) is 0 Å². The second-order valence-electron chi connectivity index (χ2n) is 6.47. The van der Waals surface area contributed by atoms with Crippen LogP contribution in [0.2, 0.25) is 5.02 Å². The van der Waals surface area contributed by atoms with Crippen molar-refractivity contribution in [2.75, 3.05) is 25.2 Å². The van der Waals surface area contributed by atoms with Crippen LogP contribution in [-0.4, -0.2) is 30.4 Å². The Bertz CT molecular complexity index is 969. The van der Waals surface area contributed by atoms with Crippen molar-refractivity contribution in [2.24, 2.45) is 0 Å². The maximum Gasteiger partial charge on any atom is 0.174 e. The van der Waals surface area contributed by atoms with Gasteiger partial charge in [-0.15, -0.1) is 11.3 Å². The third-order valence-corrected chi connectivity index (χ3v) is 6.22. The maximum absolute atomic E-state index is 6.49. The van der Waals surface area contributed by atoms with E-state index in [0.29, 0.717) is 29.1 Å². The first-order valence-electron chi connectivity index (χ1n) is 9.14. The Morgan fingerprint density at radius 1 is 1.21 bits per heavy atom. The molecule has 1 N–H and O–H groups in total. The predicted octanol–water partition coefficient (Wildman–Crippen LogP) is 5.00. The Morgan fingerprint density at radius 3 is 2.79 bits per heavy atom. The van der Waals surface area contributed by atoms with Gasteiger partial charge in [-0.05, 0) is 54.0 Å². The first-order chi connectivity index (χ1) is 14.2. The first-order valence-corrected chi connectivity index (χ1v) is 10.8. The molecule has 2 aromatic heterocycles. The molecule has 1 aliphatic rings. The first kappa shape index (κ1) is 20.1. The zero-order valence-corrected chi connectivity index (χ0v) is 18.1. The van der Waals surface area contributed by atoms with E-state index < -0.39 is 0 Å². The molecule has 29 heavy (non-hydrogen) atoms. The second kappa shape index (κ2) is 9.09. The fourth-order valence-electron chi connectivity index (χ4n) is 3.37. The highest BCUT2D eigenvalue weighted by atomic mass is 35.5. The number of nitrogens with zero attached hydrogens (tertiary/aromatic N) is 2. The van der Waals surface area contributed by atoms with Crippen LogP contribution < -0.4 is 15.0 Å².